The molecule has 114 valence electrons. The van der Waals surface area contributed by atoms with Gasteiger partial charge in [-0.05, 0) is 30.9 Å². The molecule has 1 aliphatic carbocycles. The maximum absolute atomic E-state index is 12.3. The summed E-state index contributed by atoms with van der Waals surface area (Å²) < 4.78 is 0. The number of anilines is 1. The number of halogens is 3. The number of benzene rings is 1. The van der Waals surface area contributed by atoms with Gasteiger partial charge in [0.05, 0.1) is 32.6 Å². The minimum absolute atomic E-state index is 0.200. The Hall–Kier alpha value is -0.970. The lowest BCUT2D eigenvalue weighted by Gasteiger charge is -2.16. The van der Waals surface area contributed by atoms with Crippen LogP contribution in [0.25, 0.3) is 0 Å². The highest BCUT2D eigenvalue weighted by molar-refractivity contribution is 6.44. The molecule has 3 atom stereocenters. The maximum Gasteiger partial charge on any atom is 0.307 e. The average molecular weight is 351 g/mol. The molecular weight excluding hydrogens is 337 g/mol. The van der Waals surface area contributed by atoms with E-state index < -0.39 is 17.8 Å². The Labute approximate surface area is 137 Å². The second-order valence-electron chi connectivity index (χ2n) is 5.36. The van der Waals surface area contributed by atoms with E-state index in [0.29, 0.717) is 18.5 Å². The molecule has 1 unspecified atom stereocenters. The molecule has 1 amide bonds. The molecular formula is C14H14Cl3NO3. The molecule has 21 heavy (non-hydrogen) atoms. The van der Waals surface area contributed by atoms with Crippen molar-refractivity contribution in [1.82, 2.24) is 0 Å². The summed E-state index contributed by atoms with van der Waals surface area (Å²) in [7, 11) is 0. The first-order valence-electron chi connectivity index (χ1n) is 6.47. The number of rotatable bonds is 3. The van der Waals surface area contributed by atoms with E-state index in [0.717, 1.165) is 0 Å². The first-order valence-corrected chi connectivity index (χ1v) is 7.61. The summed E-state index contributed by atoms with van der Waals surface area (Å²) in [5.41, 5.74) is 0.333. The van der Waals surface area contributed by atoms with E-state index in [-0.39, 0.29) is 26.9 Å². The Morgan fingerprint density at radius 2 is 1.67 bits per heavy atom. The molecule has 1 saturated carbocycles. The third-order valence-corrected chi connectivity index (χ3v) is 4.75. The van der Waals surface area contributed by atoms with Crippen LogP contribution in [0, 0.1) is 17.8 Å². The minimum atomic E-state index is -0.945. The van der Waals surface area contributed by atoms with Gasteiger partial charge in [-0.1, -0.05) is 41.7 Å². The first-order chi connectivity index (χ1) is 9.79. The van der Waals surface area contributed by atoms with Crippen LogP contribution in [0.3, 0.4) is 0 Å². The van der Waals surface area contributed by atoms with Crippen molar-refractivity contribution < 1.29 is 14.7 Å². The number of carbonyl (C=O) groups is 2. The molecule has 0 saturated heterocycles. The highest BCUT2D eigenvalue weighted by Gasteiger charge is 2.41. The lowest BCUT2D eigenvalue weighted by Crippen LogP contribution is -2.30. The van der Waals surface area contributed by atoms with Crippen molar-refractivity contribution in [2.45, 2.75) is 19.8 Å². The van der Waals surface area contributed by atoms with Gasteiger partial charge in [0, 0.05) is 0 Å². The zero-order valence-electron chi connectivity index (χ0n) is 11.2. The average Bonchev–Trinajstić information content (AvgIpc) is 2.78. The van der Waals surface area contributed by atoms with Gasteiger partial charge in [0.2, 0.25) is 5.91 Å². The van der Waals surface area contributed by atoms with Gasteiger partial charge < -0.3 is 10.4 Å². The molecule has 0 heterocycles. The van der Waals surface area contributed by atoms with Gasteiger partial charge in [0.25, 0.3) is 0 Å². The van der Waals surface area contributed by atoms with Crippen LogP contribution in [0.4, 0.5) is 5.69 Å². The number of nitrogens with one attached hydrogen (secondary N) is 1. The third kappa shape index (κ3) is 3.62. The fourth-order valence-corrected chi connectivity index (χ4v) is 3.29. The lowest BCUT2D eigenvalue weighted by atomic mass is 9.95. The molecule has 0 bridgehead atoms. The van der Waals surface area contributed by atoms with E-state index in [9.17, 15) is 14.7 Å². The molecule has 0 spiro atoms. The predicted molar refractivity (Wildman–Crippen MR) is 83.1 cm³/mol. The summed E-state index contributed by atoms with van der Waals surface area (Å²) in [4.78, 5) is 23.5. The number of carbonyl (C=O) groups excluding carboxylic acids is 1. The van der Waals surface area contributed by atoms with E-state index in [1.807, 2.05) is 6.92 Å². The summed E-state index contributed by atoms with van der Waals surface area (Å²) in [6.45, 7) is 1.94. The molecule has 0 aromatic heterocycles. The van der Waals surface area contributed by atoms with Gasteiger partial charge in [-0.2, -0.15) is 0 Å². The zero-order valence-corrected chi connectivity index (χ0v) is 13.5. The number of carboxylic acids is 1. The van der Waals surface area contributed by atoms with E-state index in [1.54, 1.807) is 0 Å². The van der Waals surface area contributed by atoms with Crippen molar-refractivity contribution in [2.24, 2.45) is 17.8 Å². The summed E-state index contributed by atoms with van der Waals surface area (Å²) in [6.07, 6.45) is 1.05. The quantitative estimate of drug-likeness (QED) is 0.797. The SMILES string of the molecule is CC1C[C@H](C(=O)Nc2cc(Cl)c(Cl)cc2Cl)[C@H](C(=O)O)C1. The van der Waals surface area contributed by atoms with E-state index >= 15 is 0 Å². The van der Waals surface area contributed by atoms with Crippen LogP contribution in [0.2, 0.25) is 15.1 Å². The van der Waals surface area contributed by atoms with Gasteiger partial charge >= 0.3 is 5.97 Å². The Morgan fingerprint density at radius 1 is 1.10 bits per heavy atom. The summed E-state index contributed by atoms with van der Waals surface area (Å²) in [5.74, 6) is -2.33. The summed E-state index contributed by atoms with van der Waals surface area (Å²) in [5, 5.41) is 12.7. The third-order valence-electron chi connectivity index (χ3n) is 3.72. The normalized spacial score (nSPS) is 24.9. The van der Waals surface area contributed by atoms with Gasteiger partial charge in [-0.15, -0.1) is 0 Å². The van der Waals surface area contributed by atoms with Crippen molar-refractivity contribution in [1.29, 1.82) is 0 Å². The summed E-state index contributed by atoms with van der Waals surface area (Å²) in [6, 6.07) is 2.89. The number of hydrogen-bond donors (Lipinski definition) is 2. The molecule has 2 rings (SSSR count). The van der Waals surface area contributed by atoms with Crippen LogP contribution in [0.15, 0.2) is 12.1 Å². The van der Waals surface area contributed by atoms with Gasteiger partial charge in [-0.3, -0.25) is 9.59 Å². The van der Waals surface area contributed by atoms with Crippen LogP contribution >= 0.6 is 34.8 Å². The highest BCUT2D eigenvalue weighted by Crippen LogP contribution is 2.38. The fourth-order valence-electron chi connectivity index (χ4n) is 2.70. The number of aliphatic carboxylic acids is 1. The first kappa shape index (κ1) is 16.4. The largest absolute Gasteiger partial charge is 0.481 e. The second-order valence-corrected chi connectivity index (χ2v) is 6.58. The van der Waals surface area contributed by atoms with Crippen molar-refractivity contribution in [3.8, 4) is 0 Å². The molecule has 1 fully saturated rings. The zero-order chi connectivity index (χ0) is 15.7. The molecule has 1 aliphatic rings. The van der Waals surface area contributed by atoms with E-state index in [4.69, 9.17) is 34.8 Å². The van der Waals surface area contributed by atoms with Gasteiger partial charge in [0.1, 0.15) is 0 Å². The Bertz CT molecular complexity index is 591. The monoisotopic (exact) mass is 349 g/mol. The predicted octanol–water partition coefficient (Wildman–Crippen LogP) is 4.33. The molecule has 1 aromatic carbocycles. The smallest absolute Gasteiger partial charge is 0.307 e. The van der Waals surface area contributed by atoms with Crippen molar-refractivity contribution in [3.63, 3.8) is 0 Å². The number of carboxylic acid groups (broad SMARTS) is 1. The Kier molecular flexibility index (Phi) is 5.02. The number of amides is 1. The van der Waals surface area contributed by atoms with Gasteiger partial charge in [0.15, 0.2) is 0 Å². The molecule has 1 aromatic rings. The van der Waals surface area contributed by atoms with Crippen molar-refractivity contribution in [2.75, 3.05) is 5.32 Å². The second kappa shape index (κ2) is 6.42. The Balaban J connectivity index is 2.18. The fraction of sp³-hybridized carbons (Fsp3) is 0.429. The molecule has 4 nitrogen and oxygen atoms in total. The van der Waals surface area contributed by atoms with Gasteiger partial charge in [-0.25, -0.2) is 0 Å². The molecule has 2 N–H and O–H groups in total. The standard InChI is InChI=1S/C14H14Cl3NO3/c1-6-2-7(8(3-6)14(20)21)13(19)18-12-5-10(16)9(15)4-11(12)17/h4-8H,2-3H2,1H3,(H,18,19)(H,20,21)/t6?,7-,8+/m0/s1. The number of hydrogen-bond acceptors (Lipinski definition) is 2. The van der Waals surface area contributed by atoms with Crippen LogP contribution < -0.4 is 5.32 Å². The van der Waals surface area contributed by atoms with E-state index in [2.05, 4.69) is 5.32 Å². The maximum atomic E-state index is 12.3. The highest BCUT2D eigenvalue weighted by atomic mass is 35.5. The Morgan fingerprint density at radius 3 is 2.29 bits per heavy atom. The van der Waals surface area contributed by atoms with Crippen LogP contribution in [-0.2, 0) is 9.59 Å². The van der Waals surface area contributed by atoms with Crippen LogP contribution in [0.1, 0.15) is 19.8 Å². The van der Waals surface area contributed by atoms with Crippen molar-refractivity contribution in [3.05, 3.63) is 27.2 Å². The van der Waals surface area contributed by atoms with Crippen molar-refractivity contribution >= 4 is 52.4 Å². The van der Waals surface area contributed by atoms with E-state index in [1.165, 1.54) is 12.1 Å². The molecule has 0 radical (unpaired) electrons. The summed E-state index contributed by atoms with van der Waals surface area (Å²) >= 11 is 17.7. The topological polar surface area (TPSA) is 66.4 Å². The van der Waals surface area contributed by atoms with Crippen LogP contribution in [-0.4, -0.2) is 17.0 Å². The van der Waals surface area contributed by atoms with Crippen LogP contribution in [0.5, 0.6) is 0 Å². The lowest BCUT2D eigenvalue weighted by molar-refractivity contribution is -0.145. The molecule has 0 aliphatic heterocycles. The molecule has 7 heteroatoms. The minimum Gasteiger partial charge on any atom is -0.481 e.